The molecule has 2 heteroatoms. The van der Waals surface area contributed by atoms with Gasteiger partial charge in [0.2, 0.25) is 0 Å². The van der Waals surface area contributed by atoms with Crippen LogP contribution in [0.1, 0.15) is 40.0 Å². The maximum absolute atomic E-state index is 5.03. The van der Waals surface area contributed by atoms with Crippen LogP contribution in [-0.4, -0.2) is 19.0 Å². The SMILES string of the molecule is COCCCCC(CBr)C(C)(C)C. The van der Waals surface area contributed by atoms with Crippen LogP contribution in [0.2, 0.25) is 0 Å². The number of alkyl halides is 1. The van der Waals surface area contributed by atoms with Gasteiger partial charge in [-0.2, -0.15) is 0 Å². The Bertz CT molecular complexity index is 118. The van der Waals surface area contributed by atoms with Crippen LogP contribution in [0.3, 0.4) is 0 Å². The predicted molar refractivity (Wildman–Crippen MR) is 62.5 cm³/mol. The van der Waals surface area contributed by atoms with Gasteiger partial charge < -0.3 is 4.74 Å². The standard InChI is InChI=1S/C11H23BrO/c1-11(2,3)10(9-12)7-5-6-8-13-4/h10H,5-9H2,1-4H3. The summed E-state index contributed by atoms with van der Waals surface area (Å²) in [5, 5.41) is 1.11. The third-order valence-electron chi connectivity index (χ3n) is 2.56. The van der Waals surface area contributed by atoms with Crippen LogP contribution in [-0.2, 0) is 4.74 Å². The molecule has 1 nitrogen and oxygen atoms in total. The minimum absolute atomic E-state index is 0.427. The highest BCUT2D eigenvalue weighted by Gasteiger charge is 2.22. The molecule has 0 bridgehead atoms. The van der Waals surface area contributed by atoms with Gasteiger partial charge in [-0.05, 0) is 24.2 Å². The lowest BCUT2D eigenvalue weighted by molar-refractivity contribution is 0.183. The van der Waals surface area contributed by atoms with Crippen LogP contribution in [0, 0.1) is 11.3 Å². The average molecular weight is 251 g/mol. The molecule has 0 aliphatic carbocycles. The Hall–Kier alpha value is 0.440. The van der Waals surface area contributed by atoms with E-state index in [0.29, 0.717) is 5.41 Å². The van der Waals surface area contributed by atoms with Gasteiger partial charge in [0, 0.05) is 19.0 Å². The van der Waals surface area contributed by atoms with Crippen LogP contribution < -0.4 is 0 Å². The minimum atomic E-state index is 0.427. The van der Waals surface area contributed by atoms with Crippen molar-refractivity contribution in [1.29, 1.82) is 0 Å². The Morgan fingerprint density at radius 3 is 2.23 bits per heavy atom. The Kier molecular flexibility index (Phi) is 7.06. The van der Waals surface area contributed by atoms with E-state index in [9.17, 15) is 0 Å². The Labute approximate surface area is 91.4 Å². The summed E-state index contributed by atoms with van der Waals surface area (Å²) in [6.45, 7) is 7.85. The molecule has 1 unspecified atom stereocenters. The monoisotopic (exact) mass is 250 g/mol. The van der Waals surface area contributed by atoms with E-state index in [0.717, 1.165) is 17.9 Å². The molecule has 0 radical (unpaired) electrons. The highest BCUT2D eigenvalue weighted by atomic mass is 79.9. The van der Waals surface area contributed by atoms with Gasteiger partial charge in [-0.15, -0.1) is 0 Å². The first kappa shape index (κ1) is 13.4. The lowest BCUT2D eigenvalue weighted by atomic mass is 9.79. The maximum Gasteiger partial charge on any atom is 0.0462 e. The molecule has 0 aromatic carbocycles. The molecule has 0 rings (SSSR count). The van der Waals surface area contributed by atoms with Gasteiger partial charge in [-0.3, -0.25) is 0 Å². The van der Waals surface area contributed by atoms with Crippen LogP contribution in [0.15, 0.2) is 0 Å². The molecule has 80 valence electrons. The molecule has 1 atom stereocenters. The zero-order valence-corrected chi connectivity index (χ0v) is 11.0. The molecule has 0 aliphatic rings. The number of hydrogen-bond acceptors (Lipinski definition) is 1. The second kappa shape index (κ2) is 6.83. The van der Waals surface area contributed by atoms with Crippen molar-refractivity contribution in [3.8, 4) is 0 Å². The van der Waals surface area contributed by atoms with Gasteiger partial charge in [0.05, 0.1) is 0 Å². The normalized spacial score (nSPS) is 14.5. The molecule has 0 spiro atoms. The first-order chi connectivity index (χ1) is 6.02. The molecule has 0 fully saturated rings. The number of hydrogen-bond donors (Lipinski definition) is 0. The molecule has 13 heavy (non-hydrogen) atoms. The van der Waals surface area contributed by atoms with Crippen molar-refractivity contribution >= 4 is 15.9 Å². The molecule has 0 aromatic heterocycles. The number of rotatable bonds is 6. The Morgan fingerprint density at radius 1 is 1.23 bits per heavy atom. The number of ether oxygens (including phenoxy) is 1. The quantitative estimate of drug-likeness (QED) is 0.514. The molecular weight excluding hydrogens is 228 g/mol. The Morgan fingerprint density at radius 2 is 1.85 bits per heavy atom. The Balaban J connectivity index is 3.61. The summed E-state index contributed by atoms with van der Waals surface area (Å²) in [7, 11) is 1.77. The zero-order valence-electron chi connectivity index (χ0n) is 9.40. The highest BCUT2D eigenvalue weighted by Crippen LogP contribution is 2.31. The second-order valence-electron chi connectivity index (χ2n) is 4.71. The molecule has 0 saturated heterocycles. The van der Waals surface area contributed by atoms with E-state index in [-0.39, 0.29) is 0 Å². The fraction of sp³-hybridized carbons (Fsp3) is 1.00. The molecule has 0 aliphatic heterocycles. The fourth-order valence-corrected chi connectivity index (χ4v) is 2.67. The van der Waals surface area contributed by atoms with Gasteiger partial charge in [-0.25, -0.2) is 0 Å². The molecule has 0 N–H and O–H groups in total. The topological polar surface area (TPSA) is 9.23 Å². The zero-order chi connectivity index (χ0) is 10.3. The second-order valence-corrected chi connectivity index (χ2v) is 5.35. The van der Waals surface area contributed by atoms with E-state index < -0.39 is 0 Å². The number of halogens is 1. The van der Waals surface area contributed by atoms with Crippen molar-refractivity contribution in [3.05, 3.63) is 0 Å². The lowest BCUT2D eigenvalue weighted by Crippen LogP contribution is -2.21. The molecule has 0 amide bonds. The van der Waals surface area contributed by atoms with Gasteiger partial charge in [-0.1, -0.05) is 43.1 Å². The average Bonchev–Trinajstić information content (AvgIpc) is 2.02. The lowest BCUT2D eigenvalue weighted by Gasteiger charge is -2.29. The smallest absolute Gasteiger partial charge is 0.0462 e. The number of unbranched alkanes of at least 4 members (excludes halogenated alkanes) is 1. The summed E-state index contributed by atoms with van der Waals surface area (Å²) in [6.07, 6.45) is 3.77. The fourth-order valence-electron chi connectivity index (χ4n) is 1.38. The summed E-state index contributed by atoms with van der Waals surface area (Å²) in [4.78, 5) is 0. The van der Waals surface area contributed by atoms with Gasteiger partial charge in [0.15, 0.2) is 0 Å². The van der Waals surface area contributed by atoms with E-state index in [1.165, 1.54) is 19.3 Å². The van der Waals surface area contributed by atoms with Crippen LogP contribution >= 0.6 is 15.9 Å². The van der Waals surface area contributed by atoms with E-state index in [1.807, 2.05) is 0 Å². The van der Waals surface area contributed by atoms with Gasteiger partial charge in [0.1, 0.15) is 0 Å². The minimum Gasteiger partial charge on any atom is -0.385 e. The molecule has 0 aromatic rings. The van der Waals surface area contributed by atoms with Crippen molar-refractivity contribution in [2.75, 3.05) is 19.0 Å². The molecular formula is C11H23BrO. The van der Waals surface area contributed by atoms with Crippen molar-refractivity contribution in [2.24, 2.45) is 11.3 Å². The highest BCUT2D eigenvalue weighted by molar-refractivity contribution is 9.09. The third kappa shape index (κ3) is 6.50. The molecule has 0 saturated carbocycles. The van der Waals surface area contributed by atoms with Crippen LogP contribution in [0.25, 0.3) is 0 Å². The van der Waals surface area contributed by atoms with E-state index in [1.54, 1.807) is 7.11 Å². The van der Waals surface area contributed by atoms with E-state index in [2.05, 4.69) is 36.7 Å². The van der Waals surface area contributed by atoms with Gasteiger partial charge in [0.25, 0.3) is 0 Å². The van der Waals surface area contributed by atoms with E-state index >= 15 is 0 Å². The van der Waals surface area contributed by atoms with E-state index in [4.69, 9.17) is 4.74 Å². The summed E-state index contributed by atoms with van der Waals surface area (Å²) in [5.74, 6) is 0.782. The summed E-state index contributed by atoms with van der Waals surface area (Å²) < 4.78 is 5.03. The summed E-state index contributed by atoms with van der Waals surface area (Å²) in [6, 6.07) is 0. The van der Waals surface area contributed by atoms with Crippen LogP contribution in [0.4, 0.5) is 0 Å². The summed E-state index contributed by atoms with van der Waals surface area (Å²) >= 11 is 3.59. The van der Waals surface area contributed by atoms with Crippen LogP contribution in [0.5, 0.6) is 0 Å². The maximum atomic E-state index is 5.03. The number of methoxy groups -OCH3 is 1. The first-order valence-corrected chi connectivity index (χ1v) is 6.19. The predicted octanol–water partition coefficient (Wildman–Crippen LogP) is 3.86. The first-order valence-electron chi connectivity index (χ1n) is 5.07. The third-order valence-corrected chi connectivity index (χ3v) is 3.34. The largest absolute Gasteiger partial charge is 0.385 e. The van der Waals surface area contributed by atoms with Crippen molar-refractivity contribution in [2.45, 2.75) is 40.0 Å². The van der Waals surface area contributed by atoms with Crippen molar-refractivity contribution < 1.29 is 4.74 Å². The van der Waals surface area contributed by atoms with Crippen molar-refractivity contribution in [3.63, 3.8) is 0 Å². The summed E-state index contributed by atoms with van der Waals surface area (Å²) in [5.41, 5.74) is 0.427. The van der Waals surface area contributed by atoms with Gasteiger partial charge >= 0.3 is 0 Å². The molecule has 0 heterocycles. The van der Waals surface area contributed by atoms with Crippen molar-refractivity contribution in [1.82, 2.24) is 0 Å².